The number of para-hydroxylation sites is 1. The second-order valence-corrected chi connectivity index (χ2v) is 5.07. The van der Waals surface area contributed by atoms with Crippen molar-refractivity contribution < 1.29 is 5.11 Å². The average Bonchev–Trinajstić information content (AvgIpc) is 2.31. The van der Waals surface area contributed by atoms with Gasteiger partial charge >= 0.3 is 0 Å². The van der Waals surface area contributed by atoms with Crippen LogP contribution in [0.25, 0.3) is 0 Å². The Labute approximate surface area is 98.5 Å². The summed E-state index contributed by atoms with van der Waals surface area (Å²) in [6, 6.07) is 7.84. The molecule has 0 aliphatic heterocycles. The number of hydrogen-bond donors (Lipinski definition) is 1. The van der Waals surface area contributed by atoms with Crippen molar-refractivity contribution in [2.24, 2.45) is 5.92 Å². The first-order valence-electron chi connectivity index (χ1n) is 6.59. The van der Waals surface area contributed by atoms with Crippen molar-refractivity contribution in [2.45, 2.75) is 51.4 Å². The van der Waals surface area contributed by atoms with E-state index < -0.39 is 0 Å². The molecular formula is C15H22O. The Balaban J connectivity index is 1.96. The van der Waals surface area contributed by atoms with Crippen molar-refractivity contribution >= 4 is 0 Å². The summed E-state index contributed by atoms with van der Waals surface area (Å²) in [5, 5.41) is 9.83. The van der Waals surface area contributed by atoms with Crippen LogP contribution in [0, 0.1) is 5.92 Å². The fraction of sp³-hybridized carbons (Fsp3) is 0.600. The summed E-state index contributed by atoms with van der Waals surface area (Å²) in [6.07, 6.45) is 7.88. The van der Waals surface area contributed by atoms with Crippen LogP contribution in [0.2, 0.25) is 0 Å². The largest absolute Gasteiger partial charge is 0.508 e. The highest BCUT2D eigenvalue weighted by atomic mass is 16.3. The molecule has 0 atom stereocenters. The minimum atomic E-state index is 0.487. The van der Waals surface area contributed by atoms with Crippen LogP contribution in [0.15, 0.2) is 24.3 Å². The maximum atomic E-state index is 9.83. The summed E-state index contributed by atoms with van der Waals surface area (Å²) in [5.41, 5.74) is 1.16. The van der Waals surface area contributed by atoms with Crippen molar-refractivity contribution in [1.29, 1.82) is 0 Å². The molecule has 2 rings (SSSR count). The van der Waals surface area contributed by atoms with Crippen molar-refractivity contribution in [1.82, 2.24) is 0 Å². The number of phenolic OH excluding ortho intramolecular Hbond substituents is 1. The minimum Gasteiger partial charge on any atom is -0.508 e. The number of aromatic hydroxyl groups is 1. The van der Waals surface area contributed by atoms with Gasteiger partial charge in [-0.15, -0.1) is 0 Å². The smallest absolute Gasteiger partial charge is 0.119 e. The van der Waals surface area contributed by atoms with Gasteiger partial charge in [0, 0.05) is 0 Å². The lowest BCUT2D eigenvalue weighted by Crippen LogP contribution is -2.13. The first-order chi connectivity index (χ1) is 7.81. The van der Waals surface area contributed by atoms with Gasteiger partial charge in [0.2, 0.25) is 0 Å². The van der Waals surface area contributed by atoms with Crippen molar-refractivity contribution in [3.63, 3.8) is 0 Å². The predicted octanol–water partition coefficient (Wildman–Crippen LogP) is 4.47. The average molecular weight is 218 g/mol. The third kappa shape index (κ3) is 2.58. The van der Waals surface area contributed by atoms with Crippen LogP contribution in [0.5, 0.6) is 5.75 Å². The molecule has 1 aliphatic carbocycles. The van der Waals surface area contributed by atoms with Crippen LogP contribution >= 0.6 is 0 Å². The maximum Gasteiger partial charge on any atom is 0.119 e. The molecule has 1 heteroatoms. The second-order valence-electron chi connectivity index (χ2n) is 5.07. The SMILES string of the molecule is CCCC1CCC(c2ccccc2O)CC1. The topological polar surface area (TPSA) is 20.2 Å². The molecule has 0 saturated heterocycles. The van der Waals surface area contributed by atoms with Gasteiger partial charge in [-0.1, -0.05) is 38.0 Å². The van der Waals surface area contributed by atoms with E-state index in [0.717, 1.165) is 11.5 Å². The van der Waals surface area contributed by atoms with Gasteiger partial charge in [0.25, 0.3) is 0 Å². The fourth-order valence-corrected chi connectivity index (χ4v) is 3.00. The normalized spacial score (nSPS) is 25.6. The third-order valence-electron chi connectivity index (χ3n) is 3.92. The van der Waals surface area contributed by atoms with Crippen LogP contribution < -0.4 is 0 Å². The molecule has 16 heavy (non-hydrogen) atoms. The molecule has 0 unspecified atom stereocenters. The Morgan fingerprint density at radius 2 is 1.81 bits per heavy atom. The van der Waals surface area contributed by atoms with Crippen molar-refractivity contribution in [3.8, 4) is 5.75 Å². The highest BCUT2D eigenvalue weighted by Crippen LogP contribution is 2.40. The fourth-order valence-electron chi connectivity index (χ4n) is 3.00. The molecule has 1 saturated carbocycles. The Kier molecular flexibility index (Phi) is 3.87. The number of benzene rings is 1. The summed E-state index contributed by atoms with van der Waals surface area (Å²) in [6.45, 7) is 2.27. The number of rotatable bonds is 3. The van der Waals surface area contributed by atoms with Crippen molar-refractivity contribution in [3.05, 3.63) is 29.8 Å². The lowest BCUT2D eigenvalue weighted by atomic mass is 9.77. The van der Waals surface area contributed by atoms with E-state index in [1.165, 1.54) is 38.5 Å². The Morgan fingerprint density at radius 3 is 2.44 bits per heavy atom. The van der Waals surface area contributed by atoms with Crippen LogP contribution in [0.1, 0.15) is 56.9 Å². The van der Waals surface area contributed by atoms with Crippen LogP contribution in [-0.4, -0.2) is 5.11 Å². The van der Waals surface area contributed by atoms with Gasteiger partial charge in [-0.05, 0) is 49.1 Å². The molecule has 1 aromatic rings. The van der Waals surface area contributed by atoms with E-state index in [2.05, 4.69) is 13.0 Å². The predicted molar refractivity (Wildman–Crippen MR) is 67.7 cm³/mol. The Morgan fingerprint density at radius 1 is 1.12 bits per heavy atom. The monoisotopic (exact) mass is 218 g/mol. The highest BCUT2D eigenvalue weighted by Gasteiger charge is 2.23. The first kappa shape index (κ1) is 11.5. The molecular weight excluding hydrogens is 196 g/mol. The van der Waals surface area contributed by atoms with Crippen LogP contribution in [0.3, 0.4) is 0 Å². The summed E-state index contributed by atoms with van der Waals surface area (Å²) in [7, 11) is 0. The van der Waals surface area contributed by atoms with Crippen molar-refractivity contribution in [2.75, 3.05) is 0 Å². The third-order valence-corrected chi connectivity index (χ3v) is 3.92. The van der Waals surface area contributed by atoms with Gasteiger partial charge in [0.1, 0.15) is 5.75 Å². The second kappa shape index (κ2) is 5.38. The van der Waals surface area contributed by atoms with E-state index in [1.54, 1.807) is 0 Å². The molecule has 1 aliphatic rings. The Hall–Kier alpha value is -0.980. The molecule has 0 amide bonds. The van der Waals surface area contributed by atoms with Gasteiger partial charge in [-0.3, -0.25) is 0 Å². The zero-order chi connectivity index (χ0) is 11.4. The van der Waals surface area contributed by atoms with E-state index >= 15 is 0 Å². The number of hydrogen-bond acceptors (Lipinski definition) is 1. The molecule has 1 fully saturated rings. The summed E-state index contributed by atoms with van der Waals surface area (Å²) < 4.78 is 0. The highest BCUT2D eigenvalue weighted by molar-refractivity contribution is 5.35. The molecule has 1 N–H and O–H groups in total. The van der Waals surface area contributed by atoms with E-state index in [9.17, 15) is 5.11 Å². The molecule has 0 radical (unpaired) electrons. The van der Waals surface area contributed by atoms with Gasteiger partial charge in [0.15, 0.2) is 0 Å². The minimum absolute atomic E-state index is 0.487. The van der Waals surface area contributed by atoms with Gasteiger partial charge in [0.05, 0.1) is 0 Å². The lowest BCUT2D eigenvalue weighted by Gasteiger charge is -2.28. The van der Waals surface area contributed by atoms with Crippen LogP contribution in [0.4, 0.5) is 0 Å². The van der Waals surface area contributed by atoms with E-state index in [0.29, 0.717) is 11.7 Å². The van der Waals surface area contributed by atoms with Crippen LogP contribution in [-0.2, 0) is 0 Å². The molecule has 0 heterocycles. The number of phenols is 1. The maximum absolute atomic E-state index is 9.83. The zero-order valence-electron chi connectivity index (χ0n) is 10.2. The van der Waals surface area contributed by atoms with Gasteiger partial charge in [-0.2, -0.15) is 0 Å². The molecule has 1 nitrogen and oxygen atoms in total. The molecule has 0 aromatic heterocycles. The zero-order valence-corrected chi connectivity index (χ0v) is 10.2. The summed E-state index contributed by atoms with van der Waals surface area (Å²) in [4.78, 5) is 0. The van der Waals surface area contributed by atoms with E-state index in [-0.39, 0.29) is 0 Å². The first-order valence-corrected chi connectivity index (χ1v) is 6.59. The lowest BCUT2D eigenvalue weighted by molar-refractivity contribution is 0.304. The quantitative estimate of drug-likeness (QED) is 0.793. The molecule has 1 aromatic carbocycles. The summed E-state index contributed by atoms with van der Waals surface area (Å²) >= 11 is 0. The van der Waals surface area contributed by atoms with E-state index in [1.807, 2.05) is 18.2 Å². The molecule has 0 bridgehead atoms. The summed E-state index contributed by atoms with van der Waals surface area (Å²) in [5.74, 6) is 2.02. The molecule has 0 spiro atoms. The standard InChI is InChI=1S/C15H22O/c1-2-5-12-8-10-13(11-9-12)14-6-3-4-7-15(14)16/h3-4,6-7,12-13,16H,2,5,8-11H2,1H3. The van der Waals surface area contributed by atoms with Gasteiger partial charge < -0.3 is 5.11 Å². The van der Waals surface area contributed by atoms with Gasteiger partial charge in [-0.25, -0.2) is 0 Å². The van der Waals surface area contributed by atoms with E-state index in [4.69, 9.17) is 0 Å². The molecule has 88 valence electrons. The Bertz CT molecular complexity index is 324.